The molecule has 6 nitrogen and oxygen atoms in total. The summed E-state index contributed by atoms with van der Waals surface area (Å²) in [6.45, 7) is 1.23. The molecule has 4 N–H and O–H groups in total. The maximum Gasteiger partial charge on any atom is 0.237 e. The lowest BCUT2D eigenvalue weighted by molar-refractivity contribution is -0.123. The summed E-state index contributed by atoms with van der Waals surface area (Å²) in [5.74, 6) is 0.216. The quantitative estimate of drug-likeness (QED) is 0.631. The maximum absolute atomic E-state index is 12.2. The van der Waals surface area contributed by atoms with Gasteiger partial charge in [0.1, 0.15) is 0 Å². The van der Waals surface area contributed by atoms with E-state index in [1.54, 1.807) is 6.33 Å². The van der Waals surface area contributed by atoms with Crippen LogP contribution < -0.4 is 10.6 Å². The molecule has 0 spiro atoms. The zero-order valence-electron chi connectivity index (χ0n) is 11.6. The molecule has 1 saturated carbocycles. The van der Waals surface area contributed by atoms with Crippen molar-refractivity contribution in [2.75, 3.05) is 6.54 Å². The number of hydrogen-bond donors (Lipinski definition) is 4. The lowest BCUT2D eigenvalue weighted by atomic mass is 9.86. The fourth-order valence-electron chi connectivity index (χ4n) is 3.14. The van der Waals surface area contributed by atoms with Gasteiger partial charge in [0.05, 0.1) is 29.9 Å². The van der Waals surface area contributed by atoms with Gasteiger partial charge in [-0.2, -0.15) is 0 Å². The second kappa shape index (κ2) is 5.93. The first-order valence-corrected chi connectivity index (χ1v) is 7.44. The number of aliphatic hydroxyl groups is 1. The first-order chi connectivity index (χ1) is 9.74. The van der Waals surface area contributed by atoms with Gasteiger partial charge in [0.25, 0.3) is 0 Å². The van der Waals surface area contributed by atoms with Crippen LogP contribution in [0.1, 0.15) is 37.1 Å². The maximum atomic E-state index is 12.2. The van der Waals surface area contributed by atoms with Gasteiger partial charge in [-0.05, 0) is 12.8 Å². The van der Waals surface area contributed by atoms with Crippen molar-refractivity contribution in [3.05, 3.63) is 17.7 Å². The highest BCUT2D eigenvalue weighted by Crippen LogP contribution is 2.23. The van der Waals surface area contributed by atoms with Crippen molar-refractivity contribution in [2.24, 2.45) is 5.92 Å². The summed E-state index contributed by atoms with van der Waals surface area (Å²) in [5, 5.41) is 16.1. The van der Waals surface area contributed by atoms with Crippen LogP contribution in [0.15, 0.2) is 6.33 Å². The monoisotopic (exact) mass is 278 g/mol. The topological polar surface area (TPSA) is 90.0 Å². The minimum Gasteiger partial charge on any atom is -0.393 e. The molecule has 3 atom stereocenters. The first kappa shape index (κ1) is 13.6. The van der Waals surface area contributed by atoms with Crippen LogP contribution in [0.4, 0.5) is 0 Å². The Morgan fingerprint density at radius 1 is 1.45 bits per heavy atom. The van der Waals surface area contributed by atoms with E-state index in [4.69, 9.17) is 0 Å². The fraction of sp³-hybridized carbons (Fsp3) is 0.714. The van der Waals surface area contributed by atoms with Gasteiger partial charge >= 0.3 is 0 Å². The van der Waals surface area contributed by atoms with Gasteiger partial charge in [-0.1, -0.05) is 12.8 Å². The van der Waals surface area contributed by atoms with Gasteiger partial charge in [0.15, 0.2) is 0 Å². The molecule has 2 aliphatic rings. The summed E-state index contributed by atoms with van der Waals surface area (Å²) in [5.41, 5.74) is 2.04. The molecule has 3 unspecified atom stereocenters. The zero-order valence-corrected chi connectivity index (χ0v) is 11.6. The number of nitrogens with zero attached hydrogens (tertiary/aromatic N) is 1. The van der Waals surface area contributed by atoms with Crippen molar-refractivity contribution in [3.8, 4) is 0 Å². The van der Waals surface area contributed by atoms with Crippen molar-refractivity contribution in [3.63, 3.8) is 0 Å². The molecule has 1 aromatic rings. The lowest BCUT2D eigenvalue weighted by Gasteiger charge is -2.29. The molecular formula is C14H22N4O2. The number of H-pyrrole nitrogens is 1. The Morgan fingerprint density at radius 2 is 2.30 bits per heavy atom. The van der Waals surface area contributed by atoms with Crippen molar-refractivity contribution in [1.82, 2.24) is 20.6 Å². The van der Waals surface area contributed by atoms with Crippen LogP contribution in [0.3, 0.4) is 0 Å². The molecule has 0 radical (unpaired) electrons. The van der Waals surface area contributed by atoms with Crippen LogP contribution in [0, 0.1) is 5.92 Å². The molecule has 0 saturated heterocycles. The van der Waals surface area contributed by atoms with E-state index in [1.165, 1.54) is 0 Å². The number of hydrogen-bond acceptors (Lipinski definition) is 4. The van der Waals surface area contributed by atoms with Crippen LogP contribution in [-0.4, -0.2) is 39.7 Å². The van der Waals surface area contributed by atoms with Crippen molar-refractivity contribution in [2.45, 2.75) is 50.8 Å². The zero-order chi connectivity index (χ0) is 13.9. The van der Waals surface area contributed by atoms with E-state index in [2.05, 4.69) is 20.6 Å². The first-order valence-electron chi connectivity index (χ1n) is 7.44. The summed E-state index contributed by atoms with van der Waals surface area (Å²) >= 11 is 0. The number of carbonyl (C=O) groups is 1. The second-order valence-electron chi connectivity index (χ2n) is 5.82. The minimum absolute atomic E-state index is 0.0106. The third kappa shape index (κ3) is 2.86. The van der Waals surface area contributed by atoms with Crippen LogP contribution in [0.25, 0.3) is 0 Å². The number of rotatable bonds is 3. The Balaban J connectivity index is 1.50. The third-order valence-electron chi connectivity index (χ3n) is 4.45. The number of aliphatic hydroxyl groups excluding tert-OH is 1. The van der Waals surface area contributed by atoms with E-state index in [0.29, 0.717) is 19.5 Å². The summed E-state index contributed by atoms with van der Waals surface area (Å²) in [6.07, 6.45) is 6.14. The molecule has 2 heterocycles. The average Bonchev–Trinajstić information content (AvgIpc) is 2.93. The van der Waals surface area contributed by atoms with Crippen LogP contribution >= 0.6 is 0 Å². The number of aromatic amines is 1. The highest BCUT2D eigenvalue weighted by molar-refractivity contribution is 5.82. The van der Waals surface area contributed by atoms with Gasteiger partial charge in [-0.15, -0.1) is 0 Å². The van der Waals surface area contributed by atoms with E-state index in [-0.39, 0.29) is 24.0 Å². The normalized spacial score (nSPS) is 29.8. The molecule has 3 rings (SSSR count). The predicted molar refractivity (Wildman–Crippen MR) is 73.9 cm³/mol. The fourth-order valence-corrected chi connectivity index (χ4v) is 3.14. The van der Waals surface area contributed by atoms with Gasteiger partial charge < -0.3 is 15.4 Å². The Labute approximate surface area is 118 Å². The van der Waals surface area contributed by atoms with Crippen molar-refractivity contribution >= 4 is 5.91 Å². The summed E-state index contributed by atoms with van der Waals surface area (Å²) < 4.78 is 0. The molecule has 1 fully saturated rings. The van der Waals surface area contributed by atoms with E-state index in [9.17, 15) is 9.90 Å². The van der Waals surface area contributed by atoms with Gasteiger partial charge in [-0.25, -0.2) is 4.98 Å². The highest BCUT2D eigenvalue weighted by Gasteiger charge is 2.28. The molecule has 0 aromatic carbocycles. The molecule has 6 heteroatoms. The Hall–Kier alpha value is -1.40. The summed E-state index contributed by atoms with van der Waals surface area (Å²) in [7, 11) is 0. The molecular weight excluding hydrogens is 256 g/mol. The summed E-state index contributed by atoms with van der Waals surface area (Å²) in [4.78, 5) is 19.5. The van der Waals surface area contributed by atoms with Crippen molar-refractivity contribution in [1.29, 1.82) is 0 Å². The van der Waals surface area contributed by atoms with E-state index in [1.807, 2.05) is 0 Å². The Morgan fingerprint density at radius 3 is 3.15 bits per heavy atom. The standard InChI is InChI=1S/C14H22N4O2/c19-13-4-2-1-3-9(13)6-16-14(20)11-5-10-12(7-15-11)18-8-17-10/h8-9,11,13,15,19H,1-7H2,(H,16,20)(H,17,18). The number of aromatic nitrogens is 2. The molecule has 20 heavy (non-hydrogen) atoms. The molecule has 1 aromatic heterocycles. The molecule has 1 amide bonds. The number of fused-ring (bicyclic) bond motifs is 1. The van der Waals surface area contributed by atoms with Gasteiger partial charge in [0.2, 0.25) is 5.91 Å². The van der Waals surface area contributed by atoms with Gasteiger partial charge in [0, 0.05) is 25.4 Å². The number of carbonyl (C=O) groups excluding carboxylic acids is 1. The predicted octanol–water partition coefficient (Wildman–Crippen LogP) is 0.0913. The van der Waals surface area contributed by atoms with E-state index < -0.39 is 0 Å². The summed E-state index contributed by atoms with van der Waals surface area (Å²) in [6, 6.07) is -0.216. The molecule has 1 aliphatic carbocycles. The molecule has 110 valence electrons. The van der Waals surface area contributed by atoms with Crippen LogP contribution in [0.2, 0.25) is 0 Å². The van der Waals surface area contributed by atoms with E-state index in [0.717, 1.165) is 37.1 Å². The van der Waals surface area contributed by atoms with Crippen LogP contribution in [-0.2, 0) is 17.8 Å². The third-order valence-corrected chi connectivity index (χ3v) is 4.45. The number of nitrogens with one attached hydrogen (secondary N) is 3. The minimum atomic E-state index is -0.263. The molecule has 1 aliphatic heterocycles. The highest BCUT2D eigenvalue weighted by atomic mass is 16.3. The van der Waals surface area contributed by atoms with Gasteiger partial charge in [-0.3, -0.25) is 10.1 Å². The molecule has 0 bridgehead atoms. The van der Waals surface area contributed by atoms with Crippen molar-refractivity contribution < 1.29 is 9.90 Å². The largest absolute Gasteiger partial charge is 0.393 e. The number of imidazole rings is 1. The van der Waals surface area contributed by atoms with Crippen LogP contribution in [0.5, 0.6) is 0 Å². The smallest absolute Gasteiger partial charge is 0.237 e. The van der Waals surface area contributed by atoms with E-state index >= 15 is 0 Å². The Bertz CT molecular complexity index is 473. The Kier molecular flexibility index (Phi) is 4.03. The number of amides is 1. The SMILES string of the molecule is O=C(NCC1CCCCC1O)C1Cc2nc[nH]c2CN1. The second-order valence-corrected chi connectivity index (χ2v) is 5.82. The average molecular weight is 278 g/mol. The lowest BCUT2D eigenvalue weighted by Crippen LogP contribution is -2.49.